The number of nitrogens with one attached hydrogen (secondary N) is 1. The number of hydrogen-bond acceptors (Lipinski definition) is 5. The number of rotatable bonds is 4. The predicted octanol–water partition coefficient (Wildman–Crippen LogP) is 4.12. The Hall–Kier alpha value is -2.60. The van der Waals surface area contributed by atoms with E-state index in [1.807, 2.05) is 39.0 Å². The Bertz CT molecular complexity index is 948. The molecule has 1 aromatic carbocycles. The highest BCUT2D eigenvalue weighted by atomic mass is 35.5. The highest BCUT2D eigenvalue weighted by molar-refractivity contribution is 6.30. The summed E-state index contributed by atoms with van der Waals surface area (Å²) in [5.41, 5.74) is 9.87. The van der Waals surface area contributed by atoms with Crippen molar-refractivity contribution in [1.29, 1.82) is 5.41 Å². The normalized spacial score (nSPS) is 11.2. The van der Waals surface area contributed by atoms with E-state index in [0.717, 1.165) is 16.8 Å². The Balaban J connectivity index is 2.29. The quantitative estimate of drug-likeness (QED) is 0.543. The summed E-state index contributed by atoms with van der Waals surface area (Å²) in [4.78, 5) is 4.51. The van der Waals surface area contributed by atoms with Crippen molar-refractivity contribution >= 4 is 29.0 Å². The molecule has 3 aromatic rings. The number of halogens is 1. The third-order valence-electron chi connectivity index (χ3n) is 3.90. The first-order valence-corrected chi connectivity index (χ1v) is 8.46. The van der Waals surface area contributed by atoms with E-state index in [-0.39, 0.29) is 11.8 Å². The van der Waals surface area contributed by atoms with Crippen LogP contribution in [0.2, 0.25) is 5.02 Å². The summed E-state index contributed by atoms with van der Waals surface area (Å²) in [5, 5.41) is 13.2. The lowest BCUT2D eigenvalue weighted by Crippen LogP contribution is -2.14. The van der Waals surface area contributed by atoms with Gasteiger partial charge in [0, 0.05) is 11.2 Å². The van der Waals surface area contributed by atoms with Gasteiger partial charge in [-0.05, 0) is 30.5 Å². The molecular formula is C18H20ClN5O. The van der Waals surface area contributed by atoms with E-state index in [9.17, 15) is 0 Å². The highest BCUT2D eigenvalue weighted by Crippen LogP contribution is 2.33. The van der Waals surface area contributed by atoms with Crippen LogP contribution >= 0.6 is 11.6 Å². The van der Waals surface area contributed by atoms with Gasteiger partial charge in [-0.3, -0.25) is 5.41 Å². The number of benzene rings is 1. The van der Waals surface area contributed by atoms with Crippen molar-refractivity contribution in [2.24, 2.45) is 0 Å². The minimum Gasteiger partial charge on any atom is -0.478 e. The summed E-state index contributed by atoms with van der Waals surface area (Å²) >= 11 is 6.12. The van der Waals surface area contributed by atoms with Crippen LogP contribution in [0.1, 0.15) is 37.9 Å². The fourth-order valence-corrected chi connectivity index (χ4v) is 3.08. The molecule has 0 aliphatic rings. The van der Waals surface area contributed by atoms with E-state index in [1.54, 1.807) is 16.8 Å². The van der Waals surface area contributed by atoms with Crippen molar-refractivity contribution in [2.75, 3.05) is 12.3 Å². The molecular weight excluding hydrogens is 338 g/mol. The molecule has 0 aliphatic carbocycles. The average Bonchev–Trinajstić information content (AvgIpc) is 2.89. The Labute approximate surface area is 151 Å². The fourth-order valence-electron chi connectivity index (χ4n) is 2.89. The molecule has 25 heavy (non-hydrogen) atoms. The maximum absolute atomic E-state index is 8.14. The standard InChI is InChI=1S/C18H20ClN5O/c1-4-25-17(21)13-9-22-18-14(11-6-5-7-12(19)8-11)16(20)23-24(18)15(13)10(2)3/h5-10,21H,4H2,1-3H3,(H2,20,23). The van der Waals surface area contributed by atoms with Gasteiger partial charge in [0.05, 0.1) is 23.4 Å². The van der Waals surface area contributed by atoms with Crippen LogP contribution in [0.3, 0.4) is 0 Å². The Morgan fingerprint density at radius 3 is 2.80 bits per heavy atom. The summed E-state index contributed by atoms with van der Waals surface area (Å²) in [5.74, 6) is 0.559. The van der Waals surface area contributed by atoms with Crippen LogP contribution in [-0.2, 0) is 4.74 Å². The maximum Gasteiger partial charge on any atom is 0.216 e. The number of nitrogens with two attached hydrogens (primary N) is 1. The second-order valence-electron chi connectivity index (χ2n) is 5.98. The largest absolute Gasteiger partial charge is 0.478 e. The van der Waals surface area contributed by atoms with Gasteiger partial charge in [-0.15, -0.1) is 5.10 Å². The van der Waals surface area contributed by atoms with E-state index >= 15 is 0 Å². The zero-order valence-electron chi connectivity index (χ0n) is 14.4. The van der Waals surface area contributed by atoms with Gasteiger partial charge in [-0.1, -0.05) is 37.6 Å². The zero-order valence-corrected chi connectivity index (χ0v) is 15.1. The number of fused-ring (bicyclic) bond motifs is 1. The SMILES string of the molecule is CCOC(=N)c1cnc2c(-c3cccc(Cl)c3)c(N)nn2c1C(C)C. The van der Waals surface area contributed by atoms with Crippen molar-refractivity contribution in [3.8, 4) is 11.1 Å². The molecule has 7 heteroatoms. The Morgan fingerprint density at radius 1 is 1.40 bits per heavy atom. The molecule has 2 heterocycles. The first-order valence-electron chi connectivity index (χ1n) is 8.08. The number of nitrogens with zero attached hydrogens (tertiary/aromatic N) is 3. The van der Waals surface area contributed by atoms with Gasteiger partial charge in [0.1, 0.15) is 0 Å². The minimum atomic E-state index is 0.0824. The van der Waals surface area contributed by atoms with E-state index < -0.39 is 0 Å². The monoisotopic (exact) mass is 357 g/mol. The van der Waals surface area contributed by atoms with Crippen molar-refractivity contribution in [3.05, 3.63) is 46.7 Å². The van der Waals surface area contributed by atoms with E-state index in [2.05, 4.69) is 10.1 Å². The van der Waals surface area contributed by atoms with Gasteiger partial charge in [-0.2, -0.15) is 0 Å². The van der Waals surface area contributed by atoms with Crippen molar-refractivity contribution in [1.82, 2.24) is 14.6 Å². The van der Waals surface area contributed by atoms with Crippen LogP contribution in [0.4, 0.5) is 5.82 Å². The molecule has 6 nitrogen and oxygen atoms in total. The fraction of sp³-hybridized carbons (Fsp3) is 0.278. The van der Waals surface area contributed by atoms with Crippen LogP contribution in [0.15, 0.2) is 30.5 Å². The lowest BCUT2D eigenvalue weighted by atomic mass is 10.0. The first-order chi connectivity index (χ1) is 11.9. The van der Waals surface area contributed by atoms with Crippen LogP contribution in [0.5, 0.6) is 0 Å². The van der Waals surface area contributed by atoms with Crippen molar-refractivity contribution in [3.63, 3.8) is 0 Å². The lowest BCUT2D eigenvalue weighted by Gasteiger charge is -2.15. The second kappa shape index (κ2) is 6.72. The van der Waals surface area contributed by atoms with E-state index in [1.165, 1.54) is 0 Å². The van der Waals surface area contributed by atoms with Crippen LogP contribution in [0.25, 0.3) is 16.8 Å². The molecule has 0 fully saturated rings. The Kier molecular flexibility index (Phi) is 4.63. The summed E-state index contributed by atoms with van der Waals surface area (Å²) in [6.45, 7) is 6.34. The third-order valence-corrected chi connectivity index (χ3v) is 4.14. The molecule has 130 valence electrons. The summed E-state index contributed by atoms with van der Waals surface area (Å²) in [6.07, 6.45) is 1.65. The second-order valence-corrected chi connectivity index (χ2v) is 6.42. The van der Waals surface area contributed by atoms with E-state index in [0.29, 0.717) is 28.7 Å². The number of aromatic nitrogens is 3. The smallest absolute Gasteiger partial charge is 0.216 e. The predicted molar refractivity (Wildman–Crippen MR) is 100 cm³/mol. The average molecular weight is 358 g/mol. The minimum absolute atomic E-state index is 0.0824. The van der Waals surface area contributed by atoms with Gasteiger partial charge in [0.2, 0.25) is 5.90 Å². The molecule has 0 aliphatic heterocycles. The van der Waals surface area contributed by atoms with Gasteiger partial charge in [0.15, 0.2) is 11.5 Å². The van der Waals surface area contributed by atoms with Crippen LogP contribution < -0.4 is 5.73 Å². The summed E-state index contributed by atoms with van der Waals surface area (Å²) < 4.78 is 7.07. The zero-order chi connectivity index (χ0) is 18.1. The molecule has 0 spiro atoms. The maximum atomic E-state index is 8.14. The molecule has 0 amide bonds. The van der Waals surface area contributed by atoms with Gasteiger partial charge >= 0.3 is 0 Å². The molecule has 0 radical (unpaired) electrons. The topological polar surface area (TPSA) is 89.3 Å². The molecule has 2 aromatic heterocycles. The van der Waals surface area contributed by atoms with E-state index in [4.69, 9.17) is 27.5 Å². The highest BCUT2D eigenvalue weighted by Gasteiger charge is 2.22. The Morgan fingerprint density at radius 2 is 2.16 bits per heavy atom. The molecule has 0 bridgehead atoms. The van der Waals surface area contributed by atoms with Gasteiger partial charge in [-0.25, -0.2) is 9.50 Å². The summed E-state index contributed by atoms with van der Waals surface area (Å²) in [7, 11) is 0. The first kappa shape index (κ1) is 17.2. The van der Waals surface area contributed by atoms with Crippen molar-refractivity contribution < 1.29 is 4.74 Å². The number of anilines is 1. The molecule has 3 N–H and O–H groups in total. The molecule has 0 saturated carbocycles. The number of ether oxygens (including phenoxy) is 1. The number of hydrogen-bond donors (Lipinski definition) is 2. The number of nitrogen functional groups attached to an aromatic ring is 1. The lowest BCUT2D eigenvalue weighted by molar-refractivity contribution is 0.325. The molecule has 0 saturated heterocycles. The van der Waals surface area contributed by atoms with Crippen molar-refractivity contribution in [2.45, 2.75) is 26.7 Å². The molecule has 0 unspecified atom stereocenters. The van der Waals surface area contributed by atoms with Crippen LogP contribution in [0, 0.1) is 5.41 Å². The van der Waals surface area contributed by atoms with Gasteiger partial charge < -0.3 is 10.5 Å². The third kappa shape index (κ3) is 3.05. The van der Waals surface area contributed by atoms with Crippen LogP contribution in [-0.4, -0.2) is 27.1 Å². The summed E-state index contributed by atoms with van der Waals surface area (Å²) in [6, 6.07) is 7.43. The van der Waals surface area contributed by atoms with Gasteiger partial charge in [0.25, 0.3) is 0 Å². The molecule has 3 rings (SSSR count). The molecule has 0 atom stereocenters.